The van der Waals surface area contributed by atoms with E-state index < -0.39 is 0 Å². The van der Waals surface area contributed by atoms with Crippen LogP contribution in [0, 0.1) is 20.8 Å². The minimum absolute atomic E-state index is 0.353. The van der Waals surface area contributed by atoms with Gasteiger partial charge in [-0.3, -0.25) is 4.79 Å². The number of carbonyl (C=O) groups is 1. The minimum Gasteiger partial charge on any atom is -0.490 e. The highest BCUT2D eigenvalue weighted by Crippen LogP contribution is 2.39. The smallest absolute Gasteiger partial charge is 0.271 e. The maximum absolute atomic E-state index is 12.7. The Morgan fingerprint density at radius 2 is 1.41 bits per heavy atom. The molecule has 0 saturated heterocycles. The number of ether oxygens (including phenoxy) is 3. The van der Waals surface area contributed by atoms with Crippen LogP contribution in [0.25, 0.3) is 0 Å². The number of nitrogens with zero attached hydrogens (tertiary/aromatic N) is 1. The van der Waals surface area contributed by atoms with Crippen LogP contribution in [0.15, 0.2) is 29.4 Å². The lowest BCUT2D eigenvalue weighted by atomic mass is 10.0. The second-order valence-corrected chi connectivity index (χ2v) is 6.61. The van der Waals surface area contributed by atoms with Gasteiger partial charge in [-0.25, -0.2) is 5.43 Å². The zero-order valence-electron chi connectivity index (χ0n) is 18.1. The van der Waals surface area contributed by atoms with Crippen LogP contribution in [0.1, 0.15) is 53.4 Å². The molecule has 0 bridgehead atoms. The molecule has 156 valence electrons. The third-order valence-electron chi connectivity index (χ3n) is 4.27. The van der Waals surface area contributed by atoms with E-state index in [0.717, 1.165) is 16.7 Å². The van der Waals surface area contributed by atoms with Crippen LogP contribution < -0.4 is 19.6 Å². The summed E-state index contributed by atoms with van der Waals surface area (Å²) >= 11 is 0. The maximum Gasteiger partial charge on any atom is 0.271 e. The number of nitrogens with one attached hydrogen (secondary N) is 1. The predicted octanol–water partition coefficient (Wildman–Crippen LogP) is 4.57. The van der Waals surface area contributed by atoms with E-state index in [1.54, 1.807) is 18.3 Å². The summed E-state index contributed by atoms with van der Waals surface area (Å²) in [6.07, 6.45) is 1.67. The summed E-state index contributed by atoms with van der Waals surface area (Å²) < 4.78 is 17.0. The van der Waals surface area contributed by atoms with Crippen LogP contribution in [0.2, 0.25) is 0 Å². The van der Waals surface area contributed by atoms with Crippen molar-refractivity contribution < 1.29 is 19.0 Å². The van der Waals surface area contributed by atoms with Gasteiger partial charge in [0.05, 0.1) is 26.0 Å². The fourth-order valence-electron chi connectivity index (χ4n) is 3.13. The van der Waals surface area contributed by atoms with Crippen LogP contribution in [0.5, 0.6) is 17.2 Å². The van der Waals surface area contributed by atoms with E-state index in [1.165, 1.54) is 5.56 Å². The van der Waals surface area contributed by atoms with E-state index in [4.69, 9.17) is 14.2 Å². The summed E-state index contributed by atoms with van der Waals surface area (Å²) in [7, 11) is 0. The summed E-state index contributed by atoms with van der Waals surface area (Å²) in [5.41, 5.74) is 7.38. The summed E-state index contributed by atoms with van der Waals surface area (Å²) in [6.45, 7) is 13.1. The zero-order valence-corrected chi connectivity index (χ0v) is 18.1. The van der Waals surface area contributed by atoms with E-state index >= 15 is 0 Å². The van der Waals surface area contributed by atoms with Crippen molar-refractivity contribution in [1.29, 1.82) is 0 Å². The summed E-state index contributed by atoms with van der Waals surface area (Å²) in [6, 6.07) is 7.46. The van der Waals surface area contributed by atoms with E-state index in [0.29, 0.717) is 42.6 Å². The minimum atomic E-state index is -0.353. The van der Waals surface area contributed by atoms with Gasteiger partial charge in [0.2, 0.25) is 5.75 Å². The summed E-state index contributed by atoms with van der Waals surface area (Å²) in [5.74, 6) is 1.09. The van der Waals surface area contributed by atoms with Crippen LogP contribution in [0.3, 0.4) is 0 Å². The van der Waals surface area contributed by atoms with Gasteiger partial charge in [-0.15, -0.1) is 0 Å². The Labute approximate surface area is 172 Å². The molecule has 0 aliphatic carbocycles. The SMILES string of the molecule is CCOc1cc(C(=O)N/N=C\c2c(C)cc(C)cc2C)cc(OCC)c1OCC. The molecule has 29 heavy (non-hydrogen) atoms. The van der Waals surface area contributed by atoms with Crippen molar-refractivity contribution >= 4 is 12.1 Å². The molecule has 0 aromatic heterocycles. The van der Waals surface area contributed by atoms with Crippen LogP contribution in [-0.2, 0) is 0 Å². The number of aryl methyl sites for hydroxylation is 3. The number of hydrogen-bond acceptors (Lipinski definition) is 5. The van der Waals surface area contributed by atoms with Gasteiger partial charge < -0.3 is 14.2 Å². The standard InChI is InChI=1S/C23H30N2O4/c1-7-27-20-12-18(13-21(28-8-2)22(20)29-9-3)23(26)25-24-14-19-16(5)10-15(4)11-17(19)6/h10-14H,7-9H2,1-6H3,(H,25,26)/b24-14-. The lowest BCUT2D eigenvalue weighted by Gasteiger charge is -2.16. The number of carbonyl (C=O) groups excluding carboxylic acids is 1. The summed E-state index contributed by atoms with van der Waals surface area (Å²) in [4.78, 5) is 12.7. The molecule has 1 amide bonds. The molecule has 0 heterocycles. The van der Waals surface area contributed by atoms with Crippen LogP contribution in [0.4, 0.5) is 0 Å². The van der Waals surface area contributed by atoms with Crippen LogP contribution >= 0.6 is 0 Å². The molecule has 0 aliphatic rings. The molecule has 0 unspecified atom stereocenters. The van der Waals surface area contributed by atoms with Gasteiger partial charge >= 0.3 is 0 Å². The second kappa shape index (κ2) is 10.5. The first-order valence-corrected chi connectivity index (χ1v) is 9.88. The number of amides is 1. The molecule has 0 aliphatic heterocycles. The van der Waals surface area contributed by atoms with Gasteiger partial charge in [0, 0.05) is 11.1 Å². The Kier molecular flexibility index (Phi) is 8.07. The molecule has 2 aromatic rings. The fraction of sp³-hybridized carbons (Fsp3) is 0.391. The number of rotatable bonds is 9. The second-order valence-electron chi connectivity index (χ2n) is 6.61. The molecule has 0 saturated carbocycles. The highest BCUT2D eigenvalue weighted by atomic mass is 16.5. The average Bonchev–Trinajstić information content (AvgIpc) is 2.66. The molecule has 1 N–H and O–H groups in total. The van der Waals surface area contributed by atoms with Crippen LogP contribution in [-0.4, -0.2) is 31.9 Å². The summed E-state index contributed by atoms with van der Waals surface area (Å²) in [5, 5.41) is 4.14. The molecule has 0 radical (unpaired) electrons. The quantitative estimate of drug-likeness (QED) is 0.496. The van der Waals surface area contributed by atoms with Crippen molar-refractivity contribution in [2.24, 2.45) is 5.10 Å². The van der Waals surface area contributed by atoms with Gasteiger partial charge in [0.1, 0.15) is 0 Å². The largest absolute Gasteiger partial charge is 0.490 e. The lowest BCUT2D eigenvalue weighted by molar-refractivity contribution is 0.0954. The van der Waals surface area contributed by atoms with Crippen molar-refractivity contribution in [2.75, 3.05) is 19.8 Å². The average molecular weight is 399 g/mol. The Balaban J connectivity index is 2.28. The predicted molar refractivity (Wildman–Crippen MR) is 116 cm³/mol. The third-order valence-corrected chi connectivity index (χ3v) is 4.27. The van der Waals surface area contributed by atoms with E-state index in [9.17, 15) is 4.79 Å². The van der Waals surface area contributed by atoms with Crippen molar-refractivity contribution in [3.05, 3.63) is 52.1 Å². The van der Waals surface area contributed by atoms with Crippen molar-refractivity contribution in [3.63, 3.8) is 0 Å². The lowest BCUT2D eigenvalue weighted by Crippen LogP contribution is -2.18. The molecule has 0 fully saturated rings. The molecular weight excluding hydrogens is 368 g/mol. The molecule has 2 aromatic carbocycles. The zero-order chi connectivity index (χ0) is 21.4. The first-order valence-electron chi connectivity index (χ1n) is 9.88. The van der Waals surface area contributed by atoms with Gasteiger partial charge in [0.15, 0.2) is 11.5 Å². The highest BCUT2D eigenvalue weighted by molar-refractivity contribution is 5.96. The Hall–Kier alpha value is -3.02. The van der Waals surface area contributed by atoms with Gasteiger partial charge in [-0.2, -0.15) is 5.10 Å². The topological polar surface area (TPSA) is 69.2 Å². The third kappa shape index (κ3) is 5.73. The van der Waals surface area contributed by atoms with Crippen molar-refractivity contribution in [1.82, 2.24) is 5.43 Å². The van der Waals surface area contributed by atoms with E-state index in [2.05, 4.69) is 29.6 Å². The molecule has 0 atom stereocenters. The van der Waals surface area contributed by atoms with Gasteiger partial charge in [-0.1, -0.05) is 17.7 Å². The van der Waals surface area contributed by atoms with E-state index in [-0.39, 0.29) is 5.91 Å². The normalized spacial score (nSPS) is 10.8. The number of benzene rings is 2. The van der Waals surface area contributed by atoms with Gasteiger partial charge in [-0.05, 0) is 64.8 Å². The first kappa shape index (κ1) is 22.3. The first-order chi connectivity index (χ1) is 13.9. The highest BCUT2D eigenvalue weighted by Gasteiger charge is 2.18. The Morgan fingerprint density at radius 3 is 1.90 bits per heavy atom. The molecule has 0 spiro atoms. The molecule has 6 nitrogen and oxygen atoms in total. The van der Waals surface area contributed by atoms with Gasteiger partial charge in [0.25, 0.3) is 5.91 Å². The maximum atomic E-state index is 12.7. The van der Waals surface area contributed by atoms with Crippen molar-refractivity contribution in [2.45, 2.75) is 41.5 Å². The fourth-order valence-corrected chi connectivity index (χ4v) is 3.13. The Bertz CT molecular complexity index is 840. The monoisotopic (exact) mass is 398 g/mol. The number of hydrazone groups is 1. The molecular formula is C23H30N2O4. The molecule has 2 rings (SSSR count). The molecule has 6 heteroatoms. The number of hydrogen-bond donors (Lipinski definition) is 1. The van der Waals surface area contributed by atoms with Crippen molar-refractivity contribution in [3.8, 4) is 17.2 Å². The Morgan fingerprint density at radius 1 is 0.897 bits per heavy atom. The van der Waals surface area contributed by atoms with E-state index in [1.807, 2.05) is 34.6 Å².